The van der Waals surface area contributed by atoms with E-state index in [0.29, 0.717) is 5.56 Å². The van der Waals surface area contributed by atoms with Crippen LogP contribution in [0.4, 0.5) is 4.39 Å². The van der Waals surface area contributed by atoms with Crippen molar-refractivity contribution in [1.29, 1.82) is 0 Å². The summed E-state index contributed by atoms with van der Waals surface area (Å²) in [5.74, 6) is -2.57. The van der Waals surface area contributed by atoms with Gasteiger partial charge in [0.15, 0.2) is 0 Å². The van der Waals surface area contributed by atoms with Crippen molar-refractivity contribution in [2.24, 2.45) is 5.92 Å². The second kappa shape index (κ2) is 5.66. The van der Waals surface area contributed by atoms with Gasteiger partial charge < -0.3 is 5.11 Å². The van der Waals surface area contributed by atoms with Crippen LogP contribution in [0.2, 0.25) is 0 Å². The van der Waals surface area contributed by atoms with Crippen LogP contribution in [0.15, 0.2) is 23.1 Å². The summed E-state index contributed by atoms with van der Waals surface area (Å²) < 4.78 is 38.5. The highest BCUT2D eigenvalue weighted by Gasteiger charge is 2.26. The smallest absolute Gasteiger partial charge is 0.307 e. The maximum Gasteiger partial charge on any atom is 0.307 e. The number of rotatable bonds is 5. The highest BCUT2D eigenvalue weighted by molar-refractivity contribution is 7.89. The monoisotopic (exact) mass is 289 g/mol. The Balaban J connectivity index is 3.10. The topological polar surface area (TPSA) is 74.7 Å². The number of carboxylic acid groups (broad SMARTS) is 1. The standard InChI is InChI=1S/C12H16FNO4S/c1-8-4-5-10(13)6-11(8)19(17,18)14(3)7-9(2)12(15)16/h4-6,9H,7H2,1-3H3,(H,15,16). The van der Waals surface area contributed by atoms with E-state index in [-0.39, 0.29) is 11.4 Å². The summed E-state index contributed by atoms with van der Waals surface area (Å²) in [6, 6.07) is 3.48. The van der Waals surface area contributed by atoms with Gasteiger partial charge in [-0.25, -0.2) is 17.1 Å². The van der Waals surface area contributed by atoms with Crippen molar-refractivity contribution >= 4 is 16.0 Å². The number of carbonyl (C=O) groups is 1. The fourth-order valence-electron chi connectivity index (χ4n) is 1.58. The molecule has 106 valence electrons. The third-order valence-corrected chi connectivity index (χ3v) is 4.76. The first-order valence-electron chi connectivity index (χ1n) is 5.61. The number of hydrogen-bond acceptors (Lipinski definition) is 3. The van der Waals surface area contributed by atoms with Crippen molar-refractivity contribution in [3.8, 4) is 0 Å². The van der Waals surface area contributed by atoms with E-state index < -0.39 is 27.7 Å². The van der Waals surface area contributed by atoms with E-state index in [1.54, 1.807) is 6.92 Å². The Bertz CT molecular complexity index is 585. The predicted octanol–water partition coefficient (Wildman–Crippen LogP) is 1.48. The third kappa shape index (κ3) is 3.51. The molecular weight excluding hydrogens is 273 g/mol. The largest absolute Gasteiger partial charge is 0.481 e. The first kappa shape index (κ1) is 15.6. The number of aryl methyl sites for hydroxylation is 1. The highest BCUT2D eigenvalue weighted by atomic mass is 32.2. The summed E-state index contributed by atoms with van der Waals surface area (Å²) in [5.41, 5.74) is 0.413. The molecule has 0 aliphatic rings. The Morgan fingerprint density at radius 3 is 2.58 bits per heavy atom. The number of halogens is 1. The van der Waals surface area contributed by atoms with Crippen molar-refractivity contribution in [2.45, 2.75) is 18.7 Å². The molecule has 5 nitrogen and oxygen atoms in total. The minimum atomic E-state index is -3.89. The Hall–Kier alpha value is -1.47. The van der Waals surface area contributed by atoms with Crippen molar-refractivity contribution in [3.63, 3.8) is 0 Å². The molecule has 7 heteroatoms. The van der Waals surface area contributed by atoms with Gasteiger partial charge in [0, 0.05) is 13.6 Å². The molecule has 0 aliphatic carbocycles. The van der Waals surface area contributed by atoms with E-state index in [0.717, 1.165) is 10.4 Å². The molecule has 1 atom stereocenters. The zero-order valence-electron chi connectivity index (χ0n) is 10.9. The normalized spacial score (nSPS) is 13.5. The highest BCUT2D eigenvalue weighted by Crippen LogP contribution is 2.20. The van der Waals surface area contributed by atoms with Crippen LogP contribution in [0.25, 0.3) is 0 Å². The zero-order chi connectivity index (χ0) is 14.8. The number of sulfonamides is 1. The van der Waals surface area contributed by atoms with Gasteiger partial charge in [0.05, 0.1) is 10.8 Å². The first-order chi connectivity index (χ1) is 8.66. The molecule has 0 heterocycles. The Kier molecular flexibility index (Phi) is 4.65. The fraction of sp³-hybridized carbons (Fsp3) is 0.417. The van der Waals surface area contributed by atoms with E-state index in [2.05, 4.69) is 0 Å². The summed E-state index contributed by atoms with van der Waals surface area (Å²) in [5, 5.41) is 8.78. The lowest BCUT2D eigenvalue weighted by atomic mass is 10.2. The lowest BCUT2D eigenvalue weighted by Gasteiger charge is -2.20. The SMILES string of the molecule is Cc1ccc(F)cc1S(=O)(=O)N(C)CC(C)C(=O)O. The second-order valence-corrected chi connectivity index (χ2v) is 6.45. The molecule has 0 radical (unpaired) electrons. The maximum atomic E-state index is 13.2. The molecule has 0 aliphatic heterocycles. The molecule has 0 aromatic heterocycles. The molecule has 0 saturated heterocycles. The molecule has 1 N–H and O–H groups in total. The van der Waals surface area contributed by atoms with Gasteiger partial charge in [0.2, 0.25) is 10.0 Å². The zero-order valence-corrected chi connectivity index (χ0v) is 11.7. The molecule has 19 heavy (non-hydrogen) atoms. The molecule has 1 unspecified atom stereocenters. The molecule has 0 bridgehead atoms. The number of nitrogens with zero attached hydrogens (tertiary/aromatic N) is 1. The molecule has 0 amide bonds. The summed E-state index contributed by atoms with van der Waals surface area (Å²) in [4.78, 5) is 10.6. The van der Waals surface area contributed by atoms with Gasteiger partial charge >= 0.3 is 5.97 Å². The van der Waals surface area contributed by atoms with E-state index in [1.165, 1.54) is 26.1 Å². The van der Waals surface area contributed by atoms with Crippen LogP contribution in [0, 0.1) is 18.7 Å². The quantitative estimate of drug-likeness (QED) is 0.891. The minimum Gasteiger partial charge on any atom is -0.481 e. The lowest BCUT2D eigenvalue weighted by molar-refractivity contribution is -0.141. The van der Waals surface area contributed by atoms with Crippen LogP contribution in [0.1, 0.15) is 12.5 Å². The number of benzene rings is 1. The Morgan fingerprint density at radius 2 is 2.05 bits per heavy atom. The minimum absolute atomic E-state index is 0.146. The van der Waals surface area contributed by atoms with Crippen molar-refractivity contribution in [1.82, 2.24) is 4.31 Å². The van der Waals surface area contributed by atoms with Gasteiger partial charge in [-0.1, -0.05) is 13.0 Å². The Labute approximate surface area is 111 Å². The van der Waals surface area contributed by atoms with E-state index in [4.69, 9.17) is 5.11 Å². The van der Waals surface area contributed by atoms with E-state index >= 15 is 0 Å². The molecule has 1 rings (SSSR count). The summed E-state index contributed by atoms with van der Waals surface area (Å²) >= 11 is 0. The Morgan fingerprint density at radius 1 is 1.47 bits per heavy atom. The molecular formula is C12H16FNO4S. The molecule has 0 saturated carbocycles. The summed E-state index contributed by atoms with van der Waals surface area (Å²) in [6.45, 7) is 2.79. The first-order valence-corrected chi connectivity index (χ1v) is 7.05. The number of aliphatic carboxylic acids is 1. The maximum absolute atomic E-state index is 13.2. The average molecular weight is 289 g/mol. The van der Waals surface area contributed by atoms with E-state index in [1.807, 2.05) is 0 Å². The van der Waals surface area contributed by atoms with Gasteiger partial charge in [-0.3, -0.25) is 4.79 Å². The van der Waals surface area contributed by atoms with Crippen molar-refractivity contribution < 1.29 is 22.7 Å². The van der Waals surface area contributed by atoms with Crippen molar-refractivity contribution in [3.05, 3.63) is 29.6 Å². The van der Waals surface area contributed by atoms with Gasteiger partial charge in [0.1, 0.15) is 5.82 Å². The van der Waals surface area contributed by atoms with Gasteiger partial charge in [-0.2, -0.15) is 0 Å². The fourth-order valence-corrected chi connectivity index (χ4v) is 3.07. The predicted molar refractivity (Wildman–Crippen MR) is 67.8 cm³/mol. The molecule has 0 spiro atoms. The van der Waals surface area contributed by atoms with Crippen molar-refractivity contribution in [2.75, 3.05) is 13.6 Å². The second-order valence-electron chi connectivity index (χ2n) is 4.43. The number of carboxylic acids is 1. The van der Waals surface area contributed by atoms with E-state index in [9.17, 15) is 17.6 Å². The summed E-state index contributed by atoms with van der Waals surface area (Å²) in [6.07, 6.45) is 0. The summed E-state index contributed by atoms with van der Waals surface area (Å²) in [7, 11) is -2.61. The number of hydrogen-bond donors (Lipinski definition) is 1. The van der Waals surface area contributed by atoms with Crippen LogP contribution in [-0.2, 0) is 14.8 Å². The van der Waals surface area contributed by atoms with Gasteiger partial charge in [-0.05, 0) is 24.6 Å². The third-order valence-electron chi connectivity index (χ3n) is 2.79. The van der Waals surface area contributed by atoms with Crippen LogP contribution < -0.4 is 0 Å². The van der Waals surface area contributed by atoms with Crippen LogP contribution in [0.5, 0.6) is 0 Å². The van der Waals surface area contributed by atoms with Crippen LogP contribution >= 0.6 is 0 Å². The van der Waals surface area contributed by atoms with Gasteiger partial charge in [-0.15, -0.1) is 0 Å². The van der Waals surface area contributed by atoms with Crippen LogP contribution in [-0.4, -0.2) is 37.4 Å². The van der Waals surface area contributed by atoms with Gasteiger partial charge in [0.25, 0.3) is 0 Å². The molecule has 1 aromatic rings. The molecule has 0 fully saturated rings. The molecule has 1 aromatic carbocycles. The van der Waals surface area contributed by atoms with Crippen LogP contribution in [0.3, 0.4) is 0 Å². The lowest BCUT2D eigenvalue weighted by Crippen LogP contribution is -2.34. The average Bonchev–Trinajstić information content (AvgIpc) is 2.31.